The van der Waals surface area contributed by atoms with Crippen molar-refractivity contribution in [2.75, 3.05) is 0 Å². The van der Waals surface area contributed by atoms with Gasteiger partial charge in [-0.25, -0.2) is 4.39 Å². The summed E-state index contributed by atoms with van der Waals surface area (Å²) in [5, 5.41) is 0. The van der Waals surface area contributed by atoms with Gasteiger partial charge >= 0.3 is 43.2 Å². The molecule has 0 nitrogen and oxygen atoms in total. The molecule has 0 heterocycles. The highest BCUT2D eigenvalue weighted by Crippen LogP contribution is 2.40. The molecule has 0 fully saturated rings. The number of hydrogen-bond donors (Lipinski definition) is 0. The van der Waals surface area contributed by atoms with Crippen LogP contribution in [0.15, 0.2) is 72.8 Å². The van der Waals surface area contributed by atoms with Gasteiger partial charge in [-0.05, 0) is 24.3 Å². The van der Waals surface area contributed by atoms with E-state index in [1.807, 2.05) is 0 Å². The third-order valence-corrected chi connectivity index (χ3v) is 8.08. The first-order chi connectivity index (χ1) is 24.1. The fourth-order valence-electron chi connectivity index (χ4n) is 5.87. The van der Waals surface area contributed by atoms with Gasteiger partial charge in [-0.1, -0.05) is 48.5 Å². The predicted octanol–water partition coefficient (Wildman–Crippen LogP) is 10.3. The van der Waals surface area contributed by atoms with Crippen molar-refractivity contribution in [2.45, 2.75) is 43.2 Å². The summed E-state index contributed by atoms with van der Waals surface area (Å²) in [5.41, 5.74) is -25.5. The summed E-state index contributed by atoms with van der Waals surface area (Å²) in [7, 11) is 0. The van der Waals surface area contributed by atoms with Crippen LogP contribution in [0.4, 0.5) is 96.6 Å². The second-order valence-corrected chi connectivity index (χ2v) is 11.7. The van der Waals surface area contributed by atoms with Gasteiger partial charge in [-0.2, -0.15) is 114 Å². The first kappa shape index (κ1) is 42.2. The summed E-state index contributed by atoms with van der Waals surface area (Å²) in [4.78, 5) is 0. The van der Waals surface area contributed by atoms with Crippen LogP contribution in [0.1, 0.15) is 38.9 Å². The maximum absolute atomic E-state index is 15.1. The second-order valence-electron chi connectivity index (χ2n) is 11.7. The molecule has 4 aromatic rings. The first-order valence-electron chi connectivity index (χ1n) is 14.0. The molecule has 0 N–H and O–H groups in total. The first-order valence-corrected chi connectivity index (χ1v) is 14.0. The van der Waals surface area contributed by atoms with Crippen LogP contribution in [0.5, 0.6) is 0 Å². The van der Waals surface area contributed by atoms with Crippen LogP contribution in [0.3, 0.4) is 0 Å². The van der Waals surface area contributed by atoms with E-state index in [0.717, 1.165) is 0 Å². The molecule has 0 aromatic heterocycles. The molecule has 4 rings (SSSR count). The number of halogens is 22. The van der Waals surface area contributed by atoms with Gasteiger partial charge in [0.1, 0.15) is 12.0 Å². The Morgan fingerprint density at radius 3 is 0.593 bits per heavy atom. The molecular weight excluding hydrogens is 801 g/mol. The smallest absolute Gasteiger partial charge is 0.207 e. The van der Waals surface area contributed by atoms with Gasteiger partial charge in [0, 0.05) is 0 Å². The summed E-state index contributed by atoms with van der Waals surface area (Å²) >= 11 is 0. The van der Waals surface area contributed by atoms with Crippen LogP contribution in [0.2, 0.25) is 0 Å². The molecule has 0 aliphatic heterocycles. The van der Waals surface area contributed by atoms with E-state index in [0.29, 0.717) is 0 Å². The van der Waals surface area contributed by atoms with Gasteiger partial charge in [0.2, 0.25) is 0 Å². The van der Waals surface area contributed by atoms with Crippen LogP contribution in [0.25, 0.3) is 0 Å². The van der Waals surface area contributed by atoms with Crippen LogP contribution < -0.4 is 21.9 Å². The van der Waals surface area contributed by atoms with Crippen molar-refractivity contribution in [3.05, 3.63) is 118 Å². The standard InChI is InChI=1S/C31H12BF22/c33-24-11-19(31(52,53)54)10-23(12-24)32(20-4-13(25(34,35)36)1-14(5-20)26(37,38)39,21-6-15(27(40,41)42)2-16(7-21)28(43,44)45)22-8-17(29(46,47)48)3-18(9-22)30(49,50)51/h1-12H/q-1. The number of benzene rings is 4. The quantitative estimate of drug-likeness (QED) is 0.142. The van der Waals surface area contributed by atoms with Crippen molar-refractivity contribution >= 4 is 28.0 Å². The van der Waals surface area contributed by atoms with E-state index in [2.05, 4.69) is 0 Å². The van der Waals surface area contributed by atoms with Crippen molar-refractivity contribution in [1.82, 2.24) is 0 Å². The van der Waals surface area contributed by atoms with Crippen molar-refractivity contribution < 1.29 is 96.6 Å². The average molecular weight is 813 g/mol. The maximum atomic E-state index is 15.1. The zero-order chi connectivity index (χ0) is 41.4. The monoisotopic (exact) mass is 813 g/mol. The molecule has 294 valence electrons. The van der Waals surface area contributed by atoms with E-state index < -0.39 is 183 Å². The van der Waals surface area contributed by atoms with Crippen molar-refractivity contribution in [2.24, 2.45) is 0 Å². The Kier molecular flexibility index (Phi) is 10.2. The third kappa shape index (κ3) is 8.53. The Morgan fingerprint density at radius 2 is 0.407 bits per heavy atom. The minimum absolute atomic E-state index is 0.316. The van der Waals surface area contributed by atoms with E-state index in [4.69, 9.17) is 0 Å². The Balaban J connectivity index is 2.56. The third-order valence-electron chi connectivity index (χ3n) is 8.08. The highest BCUT2D eigenvalue weighted by molar-refractivity contribution is 7.20. The Hall–Kier alpha value is -4.60. The fraction of sp³-hybridized carbons (Fsp3) is 0.226. The van der Waals surface area contributed by atoms with Crippen LogP contribution in [0, 0.1) is 5.82 Å². The zero-order valence-electron chi connectivity index (χ0n) is 25.3. The van der Waals surface area contributed by atoms with Crippen LogP contribution in [-0.4, -0.2) is 6.15 Å². The molecule has 0 saturated heterocycles. The van der Waals surface area contributed by atoms with Crippen LogP contribution >= 0.6 is 0 Å². The number of hydrogen-bond acceptors (Lipinski definition) is 0. The molecule has 0 unspecified atom stereocenters. The van der Waals surface area contributed by atoms with E-state index >= 15 is 4.39 Å². The van der Waals surface area contributed by atoms with Crippen LogP contribution in [-0.2, 0) is 43.2 Å². The Labute approximate surface area is 285 Å². The van der Waals surface area contributed by atoms with Gasteiger partial charge < -0.3 is 0 Å². The summed E-state index contributed by atoms with van der Waals surface area (Å²) < 4.78 is 312. The second kappa shape index (κ2) is 13.0. The van der Waals surface area contributed by atoms with Crippen molar-refractivity contribution in [1.29, 1.82) is 0 Å². The summed E-state index contributed by atoms with van der Waals surface area (Å²) in [6, 6.07) is -6.68. The molecule has 0 aliphatic carbocycles. The van der Waals surface area contributed by atoms with Gasteiger partial charge in [0.05, 0.1) is 38.9 Å². The molecule has 0 bridgehead atoms. The SMILES string of the molecule is Fc1cc([B-](c2cc(C(F)(F)F)cc(C(F)(F)F)c2)(c2cc(C(F)(F)F)cc(C(F)(F)F)c2)c2cc(C(F)(F)F)cc(C(F)(F)F)c2)cc(C(F)(F)F)c1. The minimum atomic E-state index is -6.01. The molecule has 0 atom stereocenters. The lowest BCUT2D eigenvalue weighted by Crippen LogP contribution is -2.75. The lowest BCUT2D eigenvalue weighted by atomic mass is 9.12. The van der Waals surface area contributed by atoms with Gasteiger partial charge in [0.25, 0.3) is 0 Å². The molecule has 0 saturated carbocycles. The van der Waals surface area contributed by atoms with Crippen molar-refractivity contribution in [3.8, 4) is 0 Å². The molecular formula is C31H12BF22-. The van der Waals surface area contributed by atoms with E-state index in [1.165, 1.54) is 0 Å². The largest absolute Gasteiger partial charge is 0.416 e. The molecule has 0 radical (unpaired) electrons. The predicted molar refractivity (Wildman–Crippen MR) is 145 cm³/mol. The molecule has 54 heavy (non-hydrogen) atoms. The summed E-state index contributed by atoms with van der Waals surface area (Å²) in [6.45, 7) is 0. The minimum Gasteiger partial charge on any atom is -0.207 e. The topological polar surface area (TPSA) is 0 Å². The fourth-order valence-corrected chi connectivity index (χ4v) is 5.87. The zero-order valence-corrected chi connectivity index (χ0v) is 25.3. The molecule has 0 amide bonds. The highest BCUT2D eigenvalue weighted by Gasteiger charge is 2.46. The number of rotatable bonds is 4. The molecule has 23 heteroatoms. The van der Waals surface area contributed by atoms with Gasteiger partial charge in [0.15, 0.2) is 0 Å². The van der Waals surface area contributed by atoms with E-state index in [9.17, 15) is 92.2 Å². The molecule has 0 aliphatic rings. The molecule has 4 aromatic carbocycles. The summed E-state index contributed by atoms with van der Waals surface area (Å²) in [6.07, 6.45) is -47.4. The lowest BCUT2D eigenvalue weighted by molar-refractivity contribution is -0.144. The highest BCUT2D eigenvalue weighted by atomic mass is 19.4. The van der Waals surface area contributed by atoms with E-state index in [-0.39, 0.29) is 6.07 Å². The maximum Gasteiger partial charge on any atom is 0.416 e. The number of alkyl halides is 21. The Bertz CT molecular complexity index is 1760. The summed E-state index contributed by atoms with van der Waals surface area (Å²) in [5.74, 6) is -2.24. The Morgan fingerprint density at radius 1 is 0.241 bits per heavy atom. The van der Waals surface area contributed by atoms with E-state index in [1.54, 1.807) is 0 Å². The average Bonchev–Trinajstić information content (AvgIpc) is 2.98. The lowest BCUT2D eigenvalue weighted by Gasteiger charge is -2.46. The van der Waals surface area contributed by atoms with Gasteiger partial charge in [-0.3, -0.25) is 0 Å². The normalized spacial score (nSPS) is 14.1. The van der Waals surface area contributed by atoms with Gasteiger partial charge in [-0.15, -0.1) is 0 Å². The van der Waals surface area contributed by atoms with Crippen molar-refractivity contribution in [3.63, 3.8) is 0 Å². The molecule has 0 spiro atoms.